The number of sulfonamides is 1. The molecule has 0 bridgehead atoms. The molecule has 1 amide bonds. The number of esters is 1. The first-order valence-electron chi connectivity index (χ1n) is 7.71. The molecule has 8 nitrogen and oxygen atoms in total. The quantitative estimate of drug-likeness (QED) is 0.750. The van der Waals surface area contributed by atoms with Crippen LogP contribution in [0.2, 0.25) is 0 Å². The monoisotopic (exact) mass is 405 g/mol. The fraction of sp³-hybridized carbons (Fsp3) is 0.118. The number of methoxy groups -OCH3 is 1. The van der Waals surface area contributed by atoms with Gasteiger partial charge in [0.05, 0.1) is 24.1 Å². The number of fused-ring (bicyclic) bond motifs is 1. The molecule has 140 valence electrons. The van der Waals surface area contributed by atoms with Crippen molar-refractivity contribution in [2.45, 2.75) is 4.90 Å². The lowest BCUT2D eigenvalue weighted by Gasteiger charge is -2.17. The van der Waals surface area contributed by atoms with Gasteiger partial charge in [0.1, 0.15) is 4.90 Å². The van der Waals surface area contributed by atoms with Crippen molar-refractivity contribution in [2.75, 3.05) is 23.5 Å². The molecule has 0 saturated carbocycles. The standard InChI is InChI=1S/C17H15N3O5S2/c1-25-16(22)11-6-8-12(9-7-11)18-15(21)10-26-17-19-13-4-2-3-5-14(13)27(23,24)20-17/h2-9H,10H2,1H3,(H,18,21)(H,19,20). The maximum atomic E-state index is 12.2. The molecule has 2 aromatic carbocycles. The molecule has 2 N–H and O–H groups in total. The highest BCUT2D eigenvalue weighted by atomic mass is 32.2. The van der Waals surface area contributed by atoms with Crippen LogP contribution in [0.4, 0.5) is 11.4 Å². The Bertz CT molecular complexity index is 1020. The van der Waals surface area contributed by atoms with Crippen LogP contribution in [0.1, 0.15) is 10.4 Å². The van der Waals surface area contributed by atoms with Crippen LogP contribution in [0.5, 0.6) is 0 Å². The summed E-state index contributed by atoms with van der Waals surface area (Å²) < 4.78 is 32.6. The molecule has 2 aromatic rings. The summed E-state index contributed by atoms with van der Waals surface area (Å²) in [7, 11) is -2.50. The number of thioether (sulfide) groups is 1. The number of para-hydroxylation sites is 1. The summed E-state index contributed by atoms with van der Waals surface area (Å²) in [5, 5.41) is 5.69. The molecule has 0 atom stereocenters. The number of ether oxygens (including phenoxy) is 1. The van der Waals surface area contributed by atoms with Gasteiger partial charge in [-0.1, -0.05) is 23.9 Å². The highest BCUT2D eigenvalue weighted by Gasteiger charge is 2.24. The molecule has 27 heavy (non-hydrogen) atoms. The van der Waals surface area contributed by atoms with Crippen LogP contribution in [0.25, 0.3) is 0 Å². The molecule has 1 aliphatic heterocycles. The van der Waals surface area contributed by atoms with Crippen LogP contribution in [-0.2, 0) is 19.6 Å². The third-order valence-electron chi connectivity index (χ3n) is 3.54. The predicted octanol–water partition coefficient (Wildman–Crippen LogP) is 2.32. The van der Waals surface area contributed by atoms with Gasteiger partial charge in [0.15, 0.2) is 5.17 Å². The smallest absolute Gasteiger partial charge is 0.337 e. The van der Waals surface area contributed by atoms with Gasteiger partial charge >= 0.3 is 5.97 Å². The second-order valence-corrected chi connectivity index (χ2v) is 7.94. The Balaban J connectivity index is 1.60. The Labute approximate surface area is 160 Å². The van der Waals surface area contributed by atoms with E-state index in [1.54, 1.807) is 30.3 Å². The van der Waals surface area contributed by atoms with E-state index in [1.165, 1.54) is 25.3 Å². The van der Waals surface area contributed by atoms with Crippen molar-refractivity contribution in [1.82, 2.24) is 0 Å². The Kier molecular flexibility index (Phi) is 5.47. The number of amidine groups is 1. The summed E-state index contributed by atoms with van der Waals surface area (Å²) in [6.45, 7) is 0. The first kappa shape index (κ1) is 18.9. The van der Waals surface area contributed by atoms with Crippen LogP contribution in [0, 0.1) is 0 Å². The maximum absolute atomic E-state index is 12.2. The van der Waals surface area contributed by atoms with E-state index in [0.717, 1.165) is 11.8 Å². The second kappa shape index (κ2) is 7.80. The first-order chi connectivity index (χ1) is 12.9. The highest BCUT2D eigenvalue weighted by molar-refractivity contribution is 8.15. The van der Waals surface area contributed by atoms with Crippen molar-refractivity contribution in [3.8, 4) is 0 Å². The maximum Gasteiger partial charge on any atom is 0.337 e. The molecular weight excluding hydrogens is 390 g/mol. The molecule has 10 heteroatoms. The Morgan fingerprint density at radius 3 is 2.56 bits per heavy atom. The van der Waals surface area contributed by atoms with Crippen LogP contribution in [0.3, 0.4) is 0 Å². The molecule has 0 spiro atoms. The second-order valence-electron chi connectivity index (χ2n) is 5.40. The molecule has 0 saturated heterocycles. The first-order valence-corrected chi connectivity index (χ1v) is 10.1. The number of hydrogen-bond acceptors (Lipinski definition) is 7. The minimum atomic E-state index is -3.78. The Morgan fingerprint density at radius 1 is 1.15 bits per heavy atom. The van der Waals surface area contributed by atoms with E-state index in [9.17, 15) is 18.0 Å². The highest BCUT2D eigenvalue weighted by Crippen LogP contribution is 2.28. The van der Waals surface area contributed by atoms with Gasteiger partial charge in [0.25, 0.3) is 10.0 Å². The van der Waals surface area contributed by atoms with Gasteiger partial charge in [-0.2, -0.15) is 8.42 Å². The Hall–Kier alpha value is -2.85. The Morgan fingerprint density at radius 2 is 1.85 bits per heavy atom. The van der Waals surface area contributed by atoms with Crippen molar-refractivity contribution < 1.29 is 22.7 Å². The molecule has 0 aromatic heterocycles. The van der Waals surface area contributed by atoms with Gasteiger partial charge in [-0.3, -0.25) is 4.79 Å². The summed E-state index contributed by atoms with van der Waals surface area (Å²) in [6.07, 6.45) is 0. The van der Waals surface area contributed by atoms with Crippen molar-refractivity contribution in [3.63, 3.8) is 0 Å². The minimum Gasteiger partial charge on any atom is -0.465 e. The van der Waals surface area contributed by atoms with E-state index in [1.807, 2.05) is 0 Å². The van der Waals surface area contributed by atoms with Gasteiger partial charge in [-0.05, 0) is 36.4 Å². The van der Waals surface area contributed by atoms with E-state index in [4.69, 9.17) is 0 Å². The number of benzene rings is 2. The summed E-state index contributed by atoms with van der Waals surface area (Å²) in [4.78, 5) is 23.6. The number of carbonyl (C=O) groups is 2. The lowest BCUT2D eigenvalue weighted by Crippen LogP contribution is -2.22. The average molecular weight is 405 g/mol. The summed E-state index contributed by atoms with van der Waals surface area (Å²) in [5.74, 6) is -0.847. The van der Waals surface area contributed by atoms with Gasteiger partial charge in [-0.15, -0.1) is 4.40 Å². The molecular formula is C17H15N3O5S2. The summed E-state index contributed by atoms with van der Waals surface area (Å²) >= 11 is 0.976. The fourth-order valence-corrected chi connectivity index (χ4v) is 4.33. The third kappa shape index (κ3) is 4.47. The zero-order valence-electron chi connectivity index (χ0n) is 14.1. The van der Waals surface area contributed by atoms with Crippen molar-refractivity contribution >= 4 is 50.2 Å². The van der Waals surface area contributed by atoms with Crippen LogP contribution < -0.4 is 10.6 Å². The summed E-state index contributed by atoms with van der Waals surface area (Å²) in [6, 6.07) is 12.6. The van der Waals surface area contributed by atoms with E-state index >= 15 is 0 Å². The molecule has 1 heterocycles. The molecule has 1 aliphatic rings. The molecule has 0 fully saturated rings. The zero-order chi connectivity index (χ0) is 19.4. The SMILES string of the molecule is COC(=O)c1ccc(NC(=O)CSC2=NS(=O)(=O)c3ccccc3N2)cc1. The number of amides is 1. The van der Waals surface area contributed by atoms with Crippen LogP contribution in [-0.4, -0.2) is 38.3 Å². The van der Waals surface area contributed by atoms with E-state index in [0.29, 0.717) is 16.9 Å². The van der Waals surface area contributed by atoms with E-state index in [2.05, 4.69) is 19.8 Å². The number of nitrogens with zero attached hydrogens (tertiary/aromatic N) is 1. The fourth-order valence-electron chi connectivity index (χ4n) is 2.29. The number of hydrogen-bond donors (Lipinski definition) is 2. The van der Waals surface area contributed by atoms with Gasteiger partial charge in [-0.25, -0.2) is 4.79 Å². The van der Waals surface area contributed by atoms with Crippen LogP contribution in [0.15, 0.2) is 57.8 Å². The van der Waals surface area contributed by atoms with Crippen molar-refractivity contribution in [2.24, 2.45) is 4.40 Å². The average Bonchev–Trinajstić information content (AvgIpc) is 2.66. The summed E-state index contributed by atoms with van der Waals surface area (Å²) in [5.41, 5.74) is 1.30. The number of carbonyl (C=O) groups excluding carboxylic acids is 2. The normalized spacial score (nSPS) is 14.3. The third-order valence-corrected chi connectivity index (χ3v) is 5.86. The molecule has 0 radical (unpaired) electrons. The van der Waals surface area contributed by atoms with E-state index in [-0.39, 0.29) is 21.7 Å². The number of nitrogens with one attached hydrogen (secondary N) is 2. The van der Waals surface area contributed by atoms with Gasteiger partial charge in [0.2, 0.25) is 5.91 Å². The zero-order valence-corrected chi connectivity index (χ0v) is 15.8. The molecule has 0 aliphatic carbocycles. The molecule has 3 rings (SSSR count). The van der Waals surface area contributed by atoms with Crippen molar-refractivity contribution in [1.29, 1.82) is 0 Å². The lowest BCUT2D eigenvalue weighted by molar-refractivity contribution is -0.113. The largest absolute Gasteiger partial charge is 0.465 e. The lowest BCUT2D eigenvalue weighted by atomic mass is 10.2. The van der Waals surface area contributed by atoms with Gasteiger partial charge in [0, 0.05) is 5.69 Å². The number of rotatable bonds is 4. The van der Waals surface area contributed by atoms with Crippen molar-refractivity contribution in [3.05, 3.63) is 54.1 Å². The number of anilines is 2. The van der Waals surface area contributed by atoms with E-state index < -0.39 is 16.0 Å². The molecule has 0 unspecified atom stereocenters. The topological polar surface area (TPSA) is 114 Å². The minimum absolute atomic E-state index is 0.0394. The van der Waals surface area contributed by atoms with Gasteiger partial charge < -0.3 is 15.4 Å². The predicted molar refractivity (Wildman–Crippen MR) is 104 cm³/mol. The van der Waals surface area contributed by atoms with Crippen LogP contribution >= 0.6 is 11.8 Å².